The van der Waals surface area contributed by atoms with Crippen molar-refractivity contribution < 1.29 is 0 Å². The lowest BCUT2D eigenvalue weighted by atomic mass is 10.0. The van der Waals surface area contributed by atoms with Crippen LogP contribution in [0.5, 0.6) is 0 Å². The zero-order valence-electron chi connectivity index (χ0n) is 9.10. The Morgan fingerprint density at radius 2 is 1.76 bits per heavy atom. The van der Waals surface area contributed by atoms with E-state index in [0.717, 1.165) is 11.1 Å². The van der Waals surface area contributed by atoms with Gasteiger partial charge in [-0.1, -0.05) is 41.9 Å². The van der Waals surface area contributed by atoms with Gasteiger partial charge in [0, 0.05) is 21.8 Å². The lowest BCUT2D eigenvalue weighted by Gasteiger charge is -2.09. The van der Waals surface area contributed by atoms with E-state index in [1.54, 1.807) is 18.2 Å². The van der Waals surface area contributed by atoms with Crippen molar-refractivity contribution in [1.29, 1.82) is 0 Å². The summed E-state index contributed by atoms with van der Waals surface area (Å²) in [6.07, 6.45) is 0. The maximum absolute atomic E-state index is 5.95. The van der Waals surface area contributed by atoms with Crippen LogP contribution < -0.4 is 11.6 Å². The third-order valence-corrected chi connectivity index (χ3v) is 2.68. The molecular formula is C13H12ClN3. The molecule has 86 valence electrons. The molecule has 0 spiro atoms. The molecule has 0 unspecified atom stereocenters. The summed E-state index contributed by atoms with van der Waals surface area (Å²) in [6, 6.07) is 14.8. The first-order valence-electron chi connectivity index (χ1n) is 5.11. The minimum Gasteiger partial charge on any atom is -0.398 e. The topological polar surface area (TPSA) is 64.4 Å². The Bertz CT molecular complexity index is 550. The van der Waals surface area contributed by atoms with Crippen LogP contribution in [0.3, 0.4) is 0 Å². The second-order valence-electron chi connectivity index (χ2n) is 3.58. The van der Waals surface area contributed by atoms with Gasteiger partial charge in [0.25, 0.3) is 0 Å². The third-order valence-electron chi connectivity index (χ3n) is 2.45. The van der Waals surface area contributed by atoms with E-state index in [2.05, 4.69) is 5.10 Å². The first kappa shape index (κ1) is 11.5. The number of hydrogen-bond donors (Lipinski definition) is 2. The number of nitrogens with two attached hydrogens (primary N) is 2. The third kappa shape index (κ3) is 2.40. The van der Waals surface area contributed by atoms with Gasteiger partial charge in [0.05, 0.1) is 5.71 Å². The molecule has 0 aliphatic heterocycles. The molecule has 4 heteroatoms. The standard InChI is InChI=1S/C13H12ClN3/c14-10-6-7-12(15)11(8-10)13(17-16)9-4-2-1-3-5-9/h1-8H,15-16H2/b17-13+. The van der Waals surface area contributed by atoms with E-state index in [9.17, 15) is 0 Å². The molecule has 4 N–H and O–H groups in total. The van der Waals surface area contributed by atoms with Crippen molar-refractivity contribution in [1.82, 2.24) is 0 Å². The zero-order chi connectivity index (χ0) is 12.3. The summed E-state index contributed by atoms with van der Waals surface area (Å²) in [5, 5.41) is 4.41. The zero-order valence-corrected chi connectivity index (χ0v) is 9.85. The van der Waals surface area contributed by atoms with E-state index in [4.69, 9.17) is 23.2 Å². The van der Waals surface area contributed by atoms with E-state index >= 15 is 0 Å². The molecule has 0 saturated carbocycles. The molecule has 0 bridgehead atoms. The fraction of sp³-hybridized carbons (Fsp3) is 0. The predicted octanol–water partition coefficient (Wildman–Crippen LogP) is 2.63. The second kappa shape index (κ2) is 4.89. The van der Waals surface area contributed by atoms with Gasteiger partial charge < -0.3 is 11.6 Å². The van der Waals surface area contributed by atoms with E-state index in [0.29, 0.717) is 16.4 Å². The summed E-state index contributed by atoms with van der Waals surface area (Å²) < 4.78 is 0. The van der Waals surface area contributed by atoms with Crippen LogP contribution in [0.1, 0.15) is 11.1 Å². The van der Waals surface area contributed by atoms with Crippen LogP contribution in [0.2, 0.25) is 5.02 Å². The molecule has 2 aromatic rings. The minimum absolute atomic E-state index is 0.599. The van der Waals surface area contributed by atoms with Crippen molar-refractivity contribution in [3.8, 4) is 0 Å². The van der Waals surface area contributed by atoms with Gasteiger partial charge >= 0.3 is 0 Å². The number of hydrazone groups is 1. The van der Waals surface area contributed by atoms with Crippen LogP contribution in [0.4, 0.5) is 5.69 Å². The number of halogens is 1. The summed E-state index contributed by atoms with van der Waals surface area (Å²) in [5.74, 6) is 5.45. The average molecular weight is 246 g/mol. The Kier molecular flexibility index (Phi) is 3.30. The lowest BCUT2D eigenvalue weighted by molar-refractivity contribution is 1.24. The van der Waals surface area contributed by atoms with Gasteiger partial charge in [-0.2, -0.15) is 5.10 Å². The Hall–Kier alpha value is -2.00. The Balaban J connectivity index is 2.54. The fourth-order valence-corrected chi connectivity index (χ4v) is 1.80. The second-order valence-corrected chi connectivity index (χ2v) is 4.01. The van der Waals surface area contributed by atoms with Gasteiger partial charge in [-0.25, -0.2) is 0 Å². The number of anilines is 1. The van der Waals surface area contributed by atoms with Gasteiger partial charge in [0.1, 0.15) is 0 Å². The summed E-state index contributed by atoms with van der Waals surface area (Å²) >= 11 is 5.95. The van der Waals surface area contributed by atoms with Gasteiger partial charge in [-0.05, 0) is 18.2 Å². The highest BCUT2D eigenvalue weighted by Gasteiger charge is 2.10. The molecule has 0 aliphatic carbocycles. The minimum atomic E-state index is 0.599. The van der Waals surface area contributed by atoms with E-state index in [-0.39, 0.29) is 0 Å². The number of nitrogens with zero attached hydrogens (tertiary/aromatic N) is 1. The summed E-state index contributed by atoms with van der Waals surface area (Å²) in [4.78, 5) is 0. The van der Waals surface area contributed by atoms with Crippen LogP contribution >= 0.6 is 11.6 Å². The van der Waals surface area contributed by atoms with Gasteiger partial charge in [-0.3, -0.25) is 0 Å². The molecule has 2 rings (SSSR count). The molecule has 0 atom stereocenters. The van der Waals surface area contributed by atoms with Crippen molar-refractivity contribution in [2.75, 3.05) is 5.73 Å². The smallest absolute Gasteiger partial charge is 0.0992 e. The molecule has 2 aromatic carbocycles. The maximum Gasteiger partial charge on any atom is 0.0992 e. The Morgan fingerprint density at radius 3 is 2.41 bits per heavy atom. The molecule has 0 fully saturated rings. The molecule has 3 nitrogen and oxygen atoms in total. The molecule has 0 heterocycles. The molecule has 0 aromatic heterocycles. The van der Waals surface area contributed by atoms with Gasteiger partial charge in [0.2, 0.25) is 0 Å². The SMILES string of the molecule is N/N=C(\c1ccccc1)c1cc(Cl)ccc1N. The van der Waals surface area contributed by atoms with Crippen LogP contribution in [0.15, 0.2) is 53.6 Å². The summed E-state index contributed by atoms with van der Waals surface area (Å²) in [6.45, 7) is 0. The molecule has 17 heavy (non-hydrogen) atoms. The Morgan fingerprint density at radius 1 is 1.06 bits per heavy atom. The number of nitrogen functional groups attached to an aromatic ring is 1. The first-order chi connectivity index (χ1) is 8.22. The normalized spacial score (nSPS) is 11.5. The molecule has 0 amide bonds. The summed E-state index contributed by atoms with van der Waals surface area (Å²) in [7, 11) is 0. The van der Waals surface area contributed by atoms with Crippen LogP contribution in [-0.2, 0) is 0 Å². The van der Waals surface area contributed by atoms with Gasteiger partial charge in [-0.15, -0.1) is 0 Å². The number of hydrogen-bond acceptors (Lipinski definition) is 3. The molecular weight excluding hydrogens is 234 g/mol. The highest BCUT2D eigenvalue weighted by molar-refractivity contribution is 6.31. The largest absolute Gasteiger partial charge is 0.398 e. The molecule has 0 radical (unpaired) electrons. The van der Waals surface area contributed by atoms with Crippen molar-refractivity contribution in [2.24, 2.45) is 10.9 Å². The molecule has 0 aliphatic rings. The predicted molar refractivity (Wildman–Crippen MR) is 72.1 cm³/mol. The van der Waals surface area contributed by atoms with Crippen LogP contribution in [-0.4, -0.2) is 5.71 Å². The highest BCUT2D eigenvalue weighted by atomic mass is 35.5. The monoisotopic (exact) mass is 245 g/mol. The first-order valence-corrected chi connectivity index (χ1v) is 5.49. The quantitative estimate of drug-likeness (QED) is 0.370. The van der Waals surface area contributed by atoms with Crippen LogP contribution in [0.25, 0.3) is 0 Å². The fourth-order valence-electron chi connectivity index (χ4n) is 1.63. The van der Waals surface area contributed by atoms with Crippen molar-refractivity contribution in [2.45, 2.75) is 0 Å². The van der Waals surface area contributed by atoms with Gasteiger partial charge in [0.15, 0.2) is 0 Å². The van der Waals surface area contributed by atoms with Crippen molar-refractivity contribution >= 4 is 23.0 Å². The lowest BCUT2D eigenvalue weighted by Crippen LogP contribution is -2.09. The molecule has 0 saturated heterocycles. The summed E-state index contributed by atoms with van der Waals surface area (Å²) in [5.41, 5.74) is 8.79. The van der Waals surface area contributed by atoms with Crippen molar-refractivity contribution in [3.63, 3.8) is 0 Å². The van der Waals surface area contributed by atoms with Crippen LogP contribution in [0, 0.1) is 0 Å². The Labute approximate surface area is 105 Å². The average Bonchev–Trinajstić information content (AvgIpc) is 2.36. The number of benzene rings is 2. The van der Waals surface area contributed by atoms with E-state index in [1.165, 1.54) is 0 Å². The highest BCUT2D eigenvalue weighted by Crippen LogP contribution is 2.21. The maximum atomic E-state index is 5.95. The van der Waals surface area contributed by atoms with Crippen molar-refractivity contribution in [3.05, 3.63) is 64.7 Å². The van der Waals surface area contributed by atoms with E-state index in [1.807, 2.05) is 30.3 Å². The van der Waals surface area contributed by atoms with E-state index < -0.39 is 0 Å². The number of rotatable bonds is 2.